The van der Waals surface area contributed by atoms with Crippen LogP contribution in [0.15, 0.2) is 30.4 Å². The van der Waals surface area contributed by atoms with Crippen LogP contribution in [-0.2, 0) is 4.74 Å². The van der Waals surface area contributed by atoms with Crippen LogP contribution >= 0.6 is 0 Å². The summed E-state index contributed by atoms with van der Waals surface area (Å²) in [5.74, 6) is 0. The van der Waals surface area contributed by atoms with E-state index in [1.165, 1.54) is 16.7 Å². The zero-order valence-electron chi connectivity index (χ0n) is 11.8. The number of amides is 1. The minimum Gasteiger partial charge on any atom is -0.444 e. The maximum Gasteiger partial charge on any atom is 0.411 e. The van der Waals surface area contributed by atoms with Gasteiger partial charge in [-0.15, -0.1) is 0 Å². The van der Waals surface area contributed by atoms with Crippen molar-refractivity contribution in [1.29, 1.82) is 0 Å². The second-order valence-electron chi connectivity index (χ2n) is 6.29. The largest absolute Gasteiger partial charge is 0.444 e. The van der Waals surface area contributed by atoms with E-state index < -0.39 is 5.60 Å². The zero-order chi connectivity index (χ0) is 13.8. The summed E-state index contributed by atoms with van der Waals surface area (Å²) in [6, 6.07) is 6.46. The Labute approximate surface area is 113 Å². The molecule has 0 saturated heterocycles. The van der Waals surface area contributed by atoms with Crippen molar-refractivity contribution in [1.82, 2.24) is 4.90 Å². The first kappa shape index (κ1) is 12.3. The Kier molecular flexibility index (Phi) is 2.49. The second-order valence-corrected chi connectivity index (χ2v) is 6.29. The Morgan fingerprint density at radius 2 is 1.79 bits per heavy atom. The highest BCUT2D eigenvalue weighted by Crippen LogP contribution is 2.49. The summed E-state index contributed by atoms with van der Waals surface area (Å²) in [5, 5.41) is 0. The molecular formula is C16H19NO2. The van der Waals surface area contributed by atoms with Gasteiger partial charge >= 0.3 is 6.09 Å². The van der Waals surface area contributed by atoms with Crippen molar-refractivity contribution in [3.05, 3.63) is 47.0 Å². The Morgan fingerprint density at radius 1 is 1.16 bits per heavy atom. The van der Waals surface area contributed by atoms with Gasteiger partial charge in [-0.25, -0.2) is 4.79 Å². The molecule has 1 amide bonds. The minimum atomic E-state index is -0.457. The van der Waals surface area contributed by atoms with Gasteiger partial charge in [-0.05, 0) is 38.8 Å². The summed E-state index contributed by atoms with van der Waals surface area (Å²) in [5.41, 5.74) is 3.23. The highest BCUT2D eigenvalue weighted by molar-refractivity contribution is 5.73. The van der Waals surface area contributed by atoms with E-state index in [0.717, 1.165) is 0 Å². The van der Waals surface area contributed by atoms with Crippen LogP contribution in [0.2, 0.25) is 0 Å². The molecule has 0 aromatic heterocycles. The van der Waals surface area contributed by atoms with Gasteiger partial charge in [-0.2, -0.15) is 0 Å². The van der Waals surface area contributed by atoms with E-state index in [9.17, 15) is 4.79 Å². The van der Waals surface area contributed by atoms with Gasteiger partial charge in [0.25, 0.3) is 0 Å². The predicted octanol–water partition coefficient (Wildman–Crippen LogP) is 3.90. The molecule has 3 heteroatoms. The number of hydrogen-bond donors (Lipinski definition) is 0. The highest BCUT2D eigenvalue weighted by Gasteiger charge is 2.44. The Hall–Kier alpha value is -1.77. The van der Waals surface area contributed by atoms with Crippen LogP contribution in [0.3, 0.4) is 0 Å². The molecule has 2 atom stereocenters. The van der Waals surface area contributed by atoms with E-state index in [0.29, 0.717) is 0 Å². The van der Waals surface area contributed by atoms with Gasteiger partial charge in [0, 0.05) is 0 Å². The molecule has 0 N–H and O–H groups in total. The number of hydrogen-bond acceptors (Lipinski definition) is 2. The second kappa shape index (κ2) is 3.86. The van der Waals surface area contributed by atoms with Crippen molar-refractivity contribution in [2.75, 3.05) is 0 Å². The van der Waals surface area contributed by atoms with E-state index in [-0.39, 0.29) is 18.2 Å². The van der Waals surface area contributed by atoms with Crippen LogP contribution in [0.25, 0.3) is 0 Å². The predicted molar refractivity (Wildman–Crippen MR) is 73.9 cm³/mol. The number of carbonyl (C=O) groups is 1. The van der Waals surface area contributed by atoms with Crippen LogP contribution in [0.4, 0.5) is 4.79 Å². The third kappa shape index (κ3) is 1.93. The molecule has 3 nitrogen and oxygen atoms in total. The molecule has 2 heterocycles. The van der Waals surface area contributed by atoms with Crippen LogP contribution in [0.1, 0.15) is 49.5 Å². The van der Waals surface area contributed by atoms with Crippen LogP contribution in [-0.4, -0.2) is 16.6 Å². The lowest BCUT2D eigenvalue weighted by Gasteiger charge is -2.27. The lowest BCUT2D eigenvalue weighted by Crippen LogP contribution is -2.35. The van der Waals surface area contributed by atoms with Crippen LogP contribution in [0, 0.1) is 6.92 Å². The smallest absolute Gasteiger partial charge is 0.411 e. The molecule has 3 rings (SSSR count). The third-order valence-corrected chi connectivity index (χ3v) is 3.56. The maximum absolute atomic E-state index is 12.3. The molecule has 0 spiro atoms. The Morgan fingerprint density at radius 3 is 2.42 bits per heavy atom. The number of aryl methyl sites for hydroxylation is 1. The van der Waals surface area contributed by atoms with Crippen molar-refractivity contribution in [3.63, 3.8) is 0 Å². The van der Waals surface area contributed by atoms with Crippen molar-refractivity contribution < 1.29 is 9.53 Å². The lowest BCUT2D eigenvalue weighted by molar-refractivity contribution is 0.0196. The topological polar surface area (TPSA) is 29.5 Å². The summed E-state index contributed by atoms with van der Waals surface area (Å²) in [6.07, 6.45) is 3.95. The fourth-order valence-corrected chi connectivity index (χ4v) is 2.84. The normalized spacial score (nSPS) is 23.7. The van der Waals surface area contributed by atoms with Crippen molar-refractivity contribution >= 4 is 6.09 Å². The summed E-state index contributed by atoms with van der Waals surface area (Å²) < 4.78 is 5.51. The number of fused-ring (bicyclic) bond motifs is 5. The Bertz CT molecular complexity index is 569. The van der Waals surface area contributed by atoms with E-state index >= 15 is 0 Å². The summed E-state index contributed by atoms with van der Waals surface area (Å²) in [4.78, 5) is 14.2. The van der Waals surface area contributed by atoms with Gasteiger partial charge in [0.15, 0.2) is 0 Å². The zero-order valence-corrected chi connectivity index (χ0v) is 11.8. The fourth-order valence-electron chi connectivity index (χ4n) is 2.84. The monoisotopic (exact) mass is 257 g/mol. The van der Waals surface area contributed by atoms with E-state index in [1.54, 1.807) is 0 Å². The van der Waals surface area contributed by atoms with Gasteiger partial charge in [-0.3, -0.25) is 4.90 Å². The maximum atomic E-state index is 12.3. The molecule has 0 aliphatic carbocycles. The first-order chi connectivity index (χ1) is 8.87. The van der Waals surface area contributed by atoms with E-state index in [4.69, 9.17) is 4.74 Å². The van der Waals surface area contributed by atoms with Gasteiger partial charge in [-0.1, -0.05) is 35.9 Å². The fraction of sp³-hybridized carbons (Fsp3) is 0.438. The number of benzene rings is 1. The van der Waals surface area contributed by atoms with Crippen LogP contribution in [0.5, 0.6) is 0 Å². The van der Waals surface area contributed by atoms with E-state index in [2.05, 4.69) is 37.3 Å². The first-order valence-electron chi connectivity index (χ1n) is 6.67. The molecule has 0 radical (unpaired) electrons. The van der Waals surface area contributed by atoms with E-state index in [1.807, 2.05) is 25.7 Å². The van der Waals surface area contributed by atoms with Crippen molar-refractivity contribution in [3.8, 4) is 0 Å². The number of carbonyl (C=O) groups excluding carboxylic acids is 1. The molecular weight excluding hydrogens is 238 g/mol. The lowest BCUT2D eigenvalue weighted by atomic mass is 9.95. The number of ether oxygens (including phenoxy) is 1. The standard InChI is InChI=1S/C16H19NO2/c1-10-5-6-11-12(9-10)14-8-7-13(11)17(14)15(18)19-16(2,3)4/h5-9,13-14H,1-4H3. The van der Waals surface area contributed by atoms with Gasteiger partial charge in [0.1, 0.15) is 5.60 Å². The first-order valence-corrected chi connectivity index (χ1v) is 6.67. The molecule has 19 heavy (non-hydrogen) atoms. The summed E-state index contributed by atoms with van der Waals surface area (Å²) in [6.45, 7) is 7.77. The van der Waals surface area contributed by atoms with Gasteiger partial charge < -0.3 is 4.74 Å². The highest BCUT2D eigenvalue weighted by atomic mass is 16.6. The summed E-state index contributed by atoms with van der Waals surface area (Å²) >= 11 is 0. The minimum absolute atomic E-state index is 0.0368. The van der Waals surface area contributed by atoms with Crippen molar-refractivity contribution in [2.45, 2.75) is 45.4 Å². The number of rotatable bonds is 0. The van der Waals surface area contributed by atoms with Crippen molar-refractivity contribution in [2.24, 2.45) is 0 Å². The Balaban J connectivity index is 1.91. The molecule has 2 bridgehead atoms. The molecule has 2 aliphatic rings. The molecule has 1 aromatic rings. The van der Waals surface area contributed by atoms with Crippen LogP contribution < -0.4 is 0 Å². The SMILES string of the molecule is Cc1ccc2c(c1)C1C=CC2N1C(=O)OC(C)(C)C. The summed E-state index contributed by atoms with van der Waals surface area (Å²) in [7, 11) is 0. The van der Waals surface area contributed by atoms with Gasteiger partial charge in [0.05, 0.1) is 12.1 Å². The average Bonchev–Trinajstić information content (AvgIpc) is 2.82. The molecule has 0 saturated carbocycles. The van der Waals surface area contributed by atoms with Gasteiger partial charge in [0.2, 0.25) is 0 Å². The molecule has 0 fully saturated rings. The third-order valence-electron chi connectivity index (χ3n) is 3.56. The molecule has 100 valence electrons. The quantitative estimate of drug-likeness (QED) is 0.660. The number of nitrogens with zero attached hydrogens (tertiary/aromatic N) is 1. The average molecular weight is 257 g/mol. The molecule has 1 aromatic carbocycles. The molecule has 2 unspecified atom stereocenters. The molecule has 2 aliphatic heterocycles.